The Balaban J connectivity index is 1.77. The van der Waals surface area contributed by atoms with Crippen LogP contribution >= 0.6 is 0 Å². The van der Waals surface area contributed by atoms with Crippen LogP contribution in [0.1, 0.15) is 61.8 Å². The van der Waals surface area contributed by atoms with E-state index in [9.17, 15) is 9.59 Å². The molecule has 0 spiro atoms. The summed E-state index contributed by atoms with van der Waals surface area (Å²) in [5, 5.41) is 12.9. The van der Waals surface area contributed by atoms with Gasteiger partial charge in [-0.2, -0.15) is 5.10 Å². The van der Waals surface area contributed by atoms with E-state index in [1.54, 1.807) is 0 Å². The SMILES string of the molecule is CCNC(=O)[C@@H](NC(=O)c1n[nH]c2c1CC1CC21)C(C)(C)C. The van der Waals surface area contributed by atoms with Gasteiger partial charge in [0.2, 0.25) is 5.91 Å². The monoisotopic (exact) mass is 304 g/mol. The number of nitrogens with one attached hydrogen (secondary N) is 3. The summed E-state index contributed by atoms with van der Waals surface area (Å²) >= 11 is 0. The number of aromatic nitrogens is 2. The number of amides is 2. The van der Waals surface area contributed by atoms with Crippen molar-refractivity contribution in [3.8, 4) is 0 Å². The molecule has 2 unspecified atom stereocenters. The summed E-state index contributed by atoms with van der Waals surface area (Å²) in [7, 11) is 0. The molecule has 3 rings (SSSR count). The van der Waals surface area contributed by atoms with Crippen LogP contribution in [0.3, 0.4) is 0 Å². The lowest BCUT2D eigenvalue weighted by molar-refractivity contribution is -0.125. The average Bonchev–Trinajstić information content (AvgIpc) is 2.91. The fourth-order valence-electron chi connectivity index (χ4n) is 3.32. The van der Waals surface area contributed by atoms with Crippen LogP contribution in [0.15, 0.2) is 0 Å². The Bertz CT molecular complexity index is 614. The first kappa shape index (κ1) is 15.1. The highest BCUT2D eigenvalue weighted by atomic mass is 16.2. The summed E-state index contributed by atoms with van der Waals surface area (Å²) in [5.74, 6) is 0.854. The van der Waals surface area contributed by atoms with Crippen molar-refractivity contribution in [1.29, 1.82) is 0 Å². The zero-order chi connectivity index (χ0) is 16.1. The molecule has 0 aliphatic heterocycles. The summed E-state index contributed by atoms with van der Waals surface area (Å²) in [6.45, 7) is 8.24. The highest BCUT2D eigenvalue weighted by molar-refractivity contribution is 5.97. The molecule has 120 valence electrons. The molecule has 0 saturated heterocycles. The molecule has 0 aromatic carbocycles. The quantitative estimate of drug-likeness (QED) is 0.784. The smallest absolute Gasteiger partial charge is 0.272 e. The summed E-state index contributed by atoms with van der Waals surface area (Å²) < 4.78 is 0. The lowest BCUT2D eigenvalue weighted by Gasteiger charge is -2.30. The average molecular weight is 304 g/mol. The minimum Gasteiger partial charge on any atom is -0.355 e. The normalized spacial score (nSPS) is 23.5. The van der Waals surface area contributed by atoms with Gasteiger partial charge in [-0.25, -0.2) is 0 Å². The molecular weight excluding hydrogens is 280 g/mol. The van der Waals surface area contributed by atoms with Crippen molar-refractivity contribution in [2.75, 3.05) is 6.54 Å². The lowest BCUT2D eigenvalue weighted by Crippen LogP contribution is -2.53. The number of fused-ring (bicyclic) bond motifs is 3. The molecule has 0 bridgehead atoms. The molecule has 2 aliphatic carbocycles. The molecule has 3 N–H and O–H groups in total. The van der Waals surface area contributed by atoms with Gasteiger partial charge in [0.05, 0.1) is 0 Å². The summed E-state index contributed by atoms with van der Waals surface area (Å²) in [6, 6.07) is -0.580. The topological polar surface area (TPSA) is 86.9 Å². The van der Waals surface area contributed by atoms with Gasteiger partial charge in [-0.3, -0.25) is 14.7 Å². The summed E-state index contributed by atoms with van der Waals surface area (Å²) in [6.07, 6.45) is 2.14. The molecular formula is C16H24N4O2. The van der Waals surface area contributed by atoms with Crippen molar-refractivity contribution in [3.63, 3.8) is 0 Å². The molecule has 1 fully saturated rings. The number of H-pyrrole nitrogens is 1. The van der Waals surface area contributed by atoms with Crippen LogP contribution in [0.25, 0.3) is 0 Å². The minimum atomic E-state index is -0.580. The van der Waals surface area contributed by atoms with E-state index in [-0.39, 0.29) is 17.2 Å². The predicted molar refractivity (Wildman–Crippen MR) is 82.5 cm³/mol. The third kappa shape index (κ3) is 2.51. The van der Waals surface area contributed by atoms with Gasteiger partial charge in [-0.1, -0.05) is 20.8 Å². The van der Waals surface area contributed by atoms with E-state index in [1.165, 1.54) is 6.42 Å². The highest BCUT2D eigenvalue weighted by Crippen LogP contribution is 2.55. The van der Waals surface area contributed by atoms with Crippen LogP contribution < -0.4 is 10.6 Å². The van der Waals surface area contributed by atoms with Gasteiger partial charge in [0, 0.05) is 23.7 Å². The first-order valence-electron chi connectivity index (χ1n) is 7.98. The maximum atomic E-state index is 12.6. The number of nitrogens with zero attached hydrogens (tertiary/aromatic N) is 1. The summed E-state index contributed by atoms with van der Waals surface area (Å²) in [4.78, 5) is 24.8. The maximum absolute atomic E-state index is 12.6. The van der Waals surface area contributed by atoms with E-state index in [1.807, 2.05) is 27.7 Å². The van der Waals surface area contributed by atoms with E-state index in [0.29, 0.717) is 24.1 Å². The van der Waals surface area contributed by atoms with Crippen molar-refractivity contribution >= 4 is 11.8 Å². The molecule has 1 heterocycles. The largest absolute Gasteiger partial charge is 0.355 e. The van der Waals surface area contributed by atoms with Crippen LogP contribution in [-0.2, 0) is 11.2 Å². The van der Waals surface area contributed by atoms with Gasteiger partial charge in [0.25, 0.3) is 5.91 Å². The molecule has 6 nitrogen and oxygen atoms in total. The maximum Gasteiger partial charge on any atom is 0.272 e. The van der Waals surface area contributed by atoms with Crippen molar-refractivity contribution < 1.29 is 9.59 Å². The Morgan fingerprint density at radius 1 is 1.41 bits per heavy atom. The first-order chi connectivity index (χ1) is 10.3. The lowest BCUT2D eigenvalue weighted by atomic mass is 9.86. The molecule has 1 aromatic heterocycles. The standard InChI is InChI=1S/C16H24N4O2/c1-5-17-15(22)13(16(2,3)4)18-14(21)12-10-7-8-6-9(8)11(10)19-20-12/h8-9,13H,5-7H2,1-4H3,(H,17,22)(H,18,21)(H,19,20)/t8?,9?,13-/m1/s1. The number of carbonyl (C=O) groups is 2. The zero-order valence-corrected chi connectivity index (χ0v) is 13.6. The van der Waals surface area contributed by atoms with Crippen LogP contribution in [0.4, 0.5) is 0 Å². The molecule has 1 aromatic rings. The van der Waals surface area contributed by atoms with Crippen molar-refractivity contribution in [2.24, 2.45) is 11.3 Å². The highest BCUT2D eigenvalue weighted by Gasteiger charge is 2.48. The van der Waals surface area contributed by atoms with Crippen LogP contribution in [0.2, 0.25) is 0 Å². The van der Waals surface area contributed by atoms with Crippen LogP contribution in [0.5, 0.6) is 0 Å². The van der Waals surface area contributed by atoms with Crippen LogP contribution in [0, 0.1) is 11.3 Å². The van der Waals surface area contributed by atoms with Gasteiger partial charge in [-0.05, 0) is 31.1 Å². The second-order valence-electron chi connectivity index (χ2n) is 7.44. The Kier molecular flexibility index (Phi) is 3.50. The third-order valence-electron chi connectivity index (χ3n) is 4.63. The second-order valence-corrected chi connectivity index (χ2v) is 7.44. The predicted octanol–water partition coefficient (Wildman–Crippen LogP) is 1.35. The van der Waals surface area contributed by atoms with Gasteiger partial charge in [0.1, 0.15) is 6.04 Å². The number of carbonyl (C=O) groups excluding carboxylic acids is 2. The molecule has 1 saturated carbocycles. The summed E-state index contributed by atoms with van der Waals surface area (Å²) in [5.41, 5.74) is 2.26. The van der Waals surface area contributed by atoms with E-state index < -0.39 is 6.04 Å². The van der Waals surface area contributed by atoms with Crippen molar-refractivity contribution in [1.82, 2.24) is 20.8 Å². The Labute approximate surface area is 130 Å². The second kappa shape index (κ2) is 5.11. The van der Waals surface area contributed by atoms with E-state index in [0.717, 1.165) is 17.7 Å². The molecule has 2 amide bonds. The van der Waals surface area contributed by atoms with Gasteiger partial charge >= 0.3 is 0 Å². The van der Waals surface area contributed by atoms with Gasteiger partial charge in [0.15, 0.2) is 5.69 Å². The van der Waals surface area contributed by atoms with E-state index >= 15 is 0 Å². The Morgan fingerprint density at radius 3 is 2.77 bits per heavy atom. The van der Waals surface area contributed by atoms with Crippen LogP contribution in [-0.4, -0.2) is 34.6 Å². The third-order valence-corrected chi connectivity index (χ3v) is 4.63. The number of rotatable bonds is 4. The molecule has 3 atom stereocenters. The van der Waals surface area contributed by atoms with Crippen molar-refractivity contribution in [2.45, 2.75) is 52.5 Å². The molecule has 6 heteroatoms. The Hall–Kier alpha value is -1.85. The fraction of sp³-hybridized carbons (Fsp3) is 0.688. The zero-order valence-electron chi connectivity index (χ0n) is 13.6. The molecule has 22 heavy (non-hydrogen) atoms. The number of aromatic amines is 1. The first-order valence-corrected chi connectivity index (χ1v) is 7.98. The van der Waals surface area contributed by atoms with Crippen molar-refractivity contribution in [3.05, 3.63) is 17.0 Å². The van der Waals surface area contributed by atoms with E-state index in [2.05, 4.69) is 20.8 Å². The minimum absolute atomic E-state index is 0.154. The fourth-order valence-corrected chi connectivity index (χ4v) is 3.32. The van der Waals surface area contributed by atoms with Gasteiger partial charge < -0.3 is 10.6 Å². The van der Waals surface area contributed by atoms with E-state index in [4.69, 9.17) is 0 Å². The molecule has 2 aliphatic rings. The number of hydrogen-bond acceptors (Lipinski definition) is 3. The number of likely N-dealkylation sites (N-methyl/N-ethyl adjacent to an activating group) is 1. The van der Waals surface area contributed by atoms with Gasteiger partial charge in [-0.15, -0.1) is 0 Å². The number of hydrogen-bond donors (Lipinski definition) is 3. The molecule has 0 radical (unpaired) electrons. The Morgan fingerprint density at radius 2 is 2.14 bits per heavy atom.